The van der Waals surface area contributed by atoms with E-state index in [1.54, 1.807) is 0 Å². The highest BCUT2D eigenvalue weighted by Gasteiger charge is 2.31. The van der Waals surface area contributed by atoms with Crippen molar-refractivity contribution in [2.24, 2.45) is 0 Å². The number of rotatable bonds is 2. The van der Waals surface area contributed by atoms with Crippen LogP contribution in [0.1, 0.15) is 13.3 Å². The van der Waals surface area contributed by atoms with Crippen LogP contribution in [0.3, 0.4) is 0 Å². The van der Waals surface area contributed by atoms with E-state index in [9.17, 15) is 0 Å². The molecular weight excluding hydrogens is 206 g/mol. The van der Waals surface area contributed by atoms with Gasteiger partial charge in [-0.1, -0.05) is 18.2 Å². The largest absolute Gasteiger partial charge is 0.379 e. The van der Waals surface area contributed by atoms with Gasteiger partial charge >= 0.3 is 0 Å². The third-order valence-corrected chi connectivity index (χ3v) is 3.96. The number of hydrogen-bond acceptors (Lipinski definition) is 3. The number of allylic oxidation sites excluding steroid dienone is 1. The Morgan fingerprint density at radius 3 is 2.80 bits per heavy atom. The minimum Gasteiger partial charge on any atom is -0.379 e. The van der Waals surface area contributed by atoms with Crippen LogP contribution in [-0.4, -0.2) is 43.0 Å². The zero-order valence-corrected chi connectivity index (χ0v) is 10.3. The number of morpholine rings is 1. The van der Waals surface area contributed by atoms with Crippen LogP contribution >= 0.6 is 11.8 Å². The first-order chi connectivity index (χ1) is 7.24. The Balaban J connectivity index is 2.11. The molecular formula is C12H19NOS. The van der Waals surface area contributed by atoms with E-state index >= 15 is 0 Å². The molecule has 0 aromatic rings. The summed E-state index contributed by atoms with van der Waals surface area (Å²) in [5, 5.41) is 0. The minimum atomic E-state index is 0.205. The smallest absolute Gasteiger partial charge is 0.0594 e. The van der Waals surface area contributed by atoms with Crippen LogP contribution in [0.25, 0.3) is 0 Å². The fourth-order valence-electron chi connectivity index (χ4n) is 2.25. The molecule has 0 radical (unpaired) electrons. The van der Waals surface area contributed by atoms with Gasteiger partial charge in [-0.2, -0.15) is 0 Å². The first-order valence-electron chi connectivity index (χ1n) is 5.51. The molecule has 84 valence electrons. The Morgan fingerprint density at radius 1 is 1.40 bits per heavy atom. The first-order valence-corrected chi connectivity index (χ1v) is 6.73. The molecule has 0 N–H and O–H groups in total. The molecule has 1 heterocycles. The van der Waals surface area contributed by atoms with Crippen LogP contribution in [0.5, 0.6) is 0 Å². The summed E-state index contributed by atoms with van der Waals surface area (Å²) in [6.07, 6.45) is 10.2. The molecule has 0 spiro atoms. The predicted molar refractivity (Wildman–Crippen MR) is 66.2 cm³/mol. The van der Waals surface area contributed by atoms with Crippen molar-refractivity contribution < 1.29 is 4.74 Å². The van der Waals surface area contributed by atoms with Crippen molar-refractivity contribution in [3.8, 4) is 0 Å². The second-order valence-corrected chi connectivity index (χ2v) is 5.19. The van der Waals surface area contributed by atoms with Gasteiger partial charge in [-0.15, -0.1) is 11.8 Å². The van der Waals surface area contributed by atoms with E-state index in [4.69, 9.17) is 4.74 Å². The molecule has 1 aliphatic heterocycles. The van der Waals surface area contributed by atoms with E-state index in [1.165, 1.54) is 4.91 Å². The summed E-state index contributed by atoms with van der Waals surface area (Å²) in [5.74, 6) is 0. The highest BCUT2D eigenvalue weighted by molar-refractivity contribution is 8.02. The lowest BCUT2D eigenvalue weighted by molar-refractivity contribution is -0.0000311. The molecule has 1 fully saturated rings. The topological polar surface area (TPSA) is 12.5 Å². The average molecular weight is 225 g/mol. The Labute approximate surface area is 96.4 Å². The second-order valence-electron chi connectivity index (χ2n) is 4.31. The molecule has 2 nitrogen and oxygen atoms in total. The van der Waals surface area contributed by atoms with Crippen molar-refractivity contribution in [3.05, 3.63) is 23.1 Å². The van der Waals surface area contributed by atoms with Crippen molar-refractivity contribution in [2.45, 2.75) is 18.9 Å². The molecule has 3 heteroatoms. The molecule has 15 heavy (non-hydrogen) atoms. The van der Waals surface area contributed by atoms with Crippen LogP contribution in [0.15, 0.2) is 23.1 Å². The van der Waals surface area contributed by atoms with Crippen molar-refractivity contribution in [1.29, 1.82) is 0 Å². The molecule has 1 unspecified atom stereocenters. The lowest BCUT2D eigenvalue weighted by Gasteiger charge is -2.42. The van der Waals surface area contributed by atoms with Gasteiger partial charge in [-0.25, -0.2) is 0 Å². The predicted octanol–water partition coefficient (Wildman–Crippen LogP) is 2.28. The van der Waals surface area contributed by atoms with E-state index in [2.05, 4.69) is 36.3 Å². The molecule has 2 aliphatic rings. The molecule has 0 aromatic carbocycles. The maximum atomic E-state index is 5.40. The Morgan fingerprint density at radius 2 is 2.13 bits per heavy atom. The van der Waals surface area contributed by atoms with Crippen molar-refractivity contribution in [1.82, 2.24) is 4.90 Å². The standard InChI is InChI=1S/C12H19NOS/c1-12(13-6-8-14-9-7-13)5-3-4-11(10-12)15-2/h3-4,10H,5-9H2,1-2H3. The Hall–Kier alpha value is -0.250. The molecule has 0 amide bonds. The number of ether oxygens (including phenoxy) is 1. The van der Waals surface area contributed by atoms with Gasteiger partial charge in [-0.05, 0) is 19.6 Å². The summed E-state index contributed by atoms with van der Waals surface area (Å²) in [6, 6.07) is 0. The van der Waals surface area contributed by atoms with Crippen molar-refractivity contribution in [2.75, 3.05) is 32.6 Å². The monoisotopic (exact) mass is 225 g/mol. The summed E-state index contributed by atoms with van der Waals surface area (Å²) < 4.78 is 5.40. The van der Waals surface area contributed by atoms with E-state index in [0.717, 1.165) is 32.7 Å². The third-order valence-electron chi connectivity index (χ3n) is 3.24. The van der Waals surface area contributed by atoms with Crippen LogP contribution in [0, 0.1) is 0 Å². The summed E-state index contributed by atoms with van der Waals surface area (Å²) in [6.45, 7) is 6.20. The minimum absolute atomic E-state index is 0.205. The summed E-state index contributed by atoms with van der Waals surface area (Å²) in [7, 11) is 0. The normalized spacial score (nSPS) is 32.8. The van der Waals surface area contributed by atoms with Gasteiger partial charge in [0.1, 0.15) is 0 Å². The molecule has 0 aromatic heterocycles. The average Bonchev–Trinajstić information content (AvgIpc) is 2.30. The van der Waals surface area contributed by atoms with Crippen molar-refractivity contribution >= 4 is 11.8 Å². The molecule has 0 bridgehead atoms. The van der Waals surface area contributed by atoms with Crippen LogP contribution in [0.4, 0.5) is 0 Å². The highest BCUT2D eigenvalue weighted by Crippen LogP contribution is 2.31. The van der Waals surface area contributed by atoms with E-state index < -0.39 is 0 Å². The van der Waals surface area contributed by atoms with Gasteiger partial charge in [0.2, 0.25) is 0 Å². The van der Waals surface area contributed by atoms with E-state index in [-0.39, 0.29) is 5.54 Å². The molecule has 0 saturated carbocycles. The van der Waals surface area contributed by atoms with E-state index in [0.29, 0.717) is 0 Å². The fraction of sp³-hybridized carbons (Fsp3) is 0.667. The molecule has 1 atom stereocenters. The molecule has 1 saturated heterocycles. The maximum Gasteiger partial charge on any atom is 0.0594 e. The Bertz CT molecular complexity index is 281. The third kappa shape index (κ3) is 2.47. The van der Waals surface area contributed by atoms with Gasteiger partial charge in [0, 0.05) is 23.5 Å². The van der Waals surface area contributed by atoms with Crippen molar-refractivity contribution in [3.63, 3.8) is 0 Å². The van der Waals surface area contributed by atoms with E-state index in [1.807, 2.05) is 11.8 Å². The number of thioether (sulfide) groups is 1. The van der Waals surface area contributed by atoms with Gasteiger partial charge in [0.25, 0.3) is 0 Å². The molecule has 2 rings (SSSR count). The lowest BCUT2D eigenvalue weighted by atomic mass is 9.91. The highest BCUT2D eigenvalue weighted by atomic mass is 32.2. The molecule has 1 aliphatic carbocycles. The number of hydrogen-bond donors (Lipinski definition) is 0. The van der Waals surface area contributed by atoms with Gasteiger partial charge in [-0.3, -0.25) is 4.90 Å². The van der Waals surface area contributed by atoms with Gasteiger partial charge in [0.15, 0.2) is 0 Å². The SMILES string of the molecule is CSC1=CC(C)(N2CCOCC2)CC=C1. The van der Waals surface area contributed by atoms with Crippen LogP contribution < -0.4 is 0 Å². The quantitative estimate of drug-likeness (QED) is 0.715. The van der Waals surface area contributed by atoms with Crippen LogP contribution in [-0.2, 0) is 4.74 Å². The number of nitrogens with zero attached hydrogens (tertiary/aromatic N) is 1. The van der Waals surface area contributed by atoms with Gasteiger partial charge < -0.3 is 4.74 Å². The zero-order chi connectivity index (χ0) is 10.7. The summed E-state index contributed by atoms with van der Waals surface area (Å²) >= 11 is 1.83. The summed E-state index contributed by atoms with van der Waals surface area (Å²) in [5.41, 5.74) is 0.205. The van der Waals surface area contributed by atoms with Gasteiger partial charge in [0.05, 0.1) is 13.2 Å². The lowest BCUT2D eigenvalue weighted by Crippen LogP contribution is -2.50. The second kappa shape index (κ2) is 4.73. The first kappa shape index (κ1) is 11.2. The fourth-order valence-corrected chi connectivity index (χ4v) is 2.85. The summed E-state index contributed by atoms with van der Waals surface area (Å²) in [4.78, 5) is 3.92. The Kier molecular flexibility index (Phi) is 3.54. The zero-order valence-electron chi connectivity index (χ0n) is 9.53. The maximum absolute atomic E-state index is 5.40. The van der Waals surface area contributed by atoms with Crippen LogP contribution in [0.2, 0.25) is 0 Å².